The molecular weight excluding hydrogens is 204 g/mol. The van der Waals surface area contributed by atoms with Crippen LogP contribution in [0.4, 0.5) is 0 Å². The molecule has 0 N–H and O–H groups in total. The topological polar surface area (TPSA) is 9.23 Å². The van der Waals surface area contributed by atoms with Crippen LogP contribution in [0.25, 0.3) is 0 Å². The molecule has 0 bridgehead atoms. The second-order valence-corrected chi connectivity index (χ2v) is 6.84. The van der Waals surface area contributed by atoms with Gasteiger partial charge in [-0.05, 0) is 16.4 Å². The van der Waals surface area contributed by atoms with Crippen molar-refractivity contribution in [2.75, 3.05) is 24.7 Å². The lowest BCUT2D eigenvalue weighted by Crippen LogP contribution is -2.14. The normalized spacial score (nSPS) is 19.5. The molecule has 0 unspecified atom stereocenters. The molecule has 1 fully saturated rings. The highest BCUT2D eigenvalue weighted by Crippen LogP contribution is 2.37. The standard InChI is InChI=1S/C13H20OS/c1-11(2)12-3-5-13(6-4-12)15-9-7-14-8-10-15/h3-6,11,15H,7-10H2,1-2H3. The van der Waals surface area contributed by atoms with Crippen LogP contribution in [0.3, 0.4) is 0 Å². The van der Waals surface area contributed by atoms with E-state index in [1.165, 1.54) is 17.1 Å². The number of hydrogen-bond donors (Lipinski definition) is 1. The minimum absolute atomic E-state index is 0.0765. The Bertz CT molecular complexity index is 299. The zero-order chi connectivity index (χ0) is 10.7. The van der Waals surface area contributed by atoms with Gasteiger partial charge in [-0.15, -0.1) is 0 Å². The molecule has 15 heavy (non-hydrogen) atoms. The summed E-state index contributed by atoms with van der Waals surface area (Å²) in [6.07, 6.45) is 0. The number of rotatable bonds is 2. The fourth-order valence-corrected chi connectivity index (χ4v) is 3.90. The lowest BCUT2D eigenvalue weighted by molar-refractivity contribution is 0.160. The Morgan fingerprint density at radius 2 is 1.67 bits per heavy atom. The van der Waals surface area contributed by atoms with Crippen molar-refractivity contribution in [3.05, 3.63) is 29.8 Å². The van der Waals surface area contributed by atoms with Gasteiger partial charge < -0.3 is 4.74 Å². The maximum absolute atomic E-state index is 5.40. The van der Waals surface area contributed by atoms with Crippen molar-refractivity contribution in [2.45, 2.75) is 24.7 Å². The van der Waals surface area contributed by atoms with Crippen LogP contribution in [0.2, 0.25) is 0 Å². The van der Waals surface area contributed by atoms with Gasteiger partial charge in [-0.25, -0.2) is 10.9 Å². The van der Waals surface area contributed by atoms with Gasteiger partial charge in [0.2, 0.25) is 0 Å². The van der Waals surface area contributed by atoms with Gasteiger partial charge in [0.1, 0.15) is 0 Å². The quantitative estimate of drug-likeness (QED) is 0.759. The van der Waals surface area contributed by atoms with Crippen molar-refractivity contribution in [1.82, 2.24) is 0 Å². The largest absolute Gasteiger partial charge is 0.380 e. The molecule has 2 heteroatoms. The van der Waals surface area contributed by atoms with E-state index in [9.17, 15) is 0 Å². The van der Waals surface area contributed by atoms with Crippen molar-refractivity contribution >= 4 is 10.9 Å². The first-order chi connectivity index (χ1) is 7.27. The Morgan fingerprint density at radius 3 is 2.20 bits per heavy atom. The van der Waals surface area contributed by atoms with E-state index >= 15 is 0 Å². The third-order valence-electron chi connectivity index (χ3n) is 2.94. The molecule has 1 saturated heterocycles. The minimum Gasteiger partial charge on any atom is -0.380 e. The fourth-order valence-electron chi connectivity index (χ4n) is 1.89. The zero-order valence-corrected chi connectivity index (χ0v) is 10.5. The Morgan fingerprint density at radius 1 is 1.07 bits per heavy atom. The minimum atomic E-state index is 0.0765. The average Bonchev–Trinajstić information content (AvgIpc) is 2.30. The maximum atomic E-state index is 5.40. The Kier molecular flexibility index (Phi) is 3.71. The Hall–Kier alpha value is -0.470. The van der Waals surface area contributed by atoms with Crippen molar-refractivity contribution < 1.29 is 4.74 Å². The molecule has 1 heterocycles. The molecule has 1 aliphatic heterocycles. The molecule has 0 amide bonds. The molecule has 0 radical (unpaired) electrons. The number of thiol groups is 1. The first kappa shape index (κ1) is 11.0. The van der Waals surface area contributed by atoms with E-state index in [1.54, 1.807) is 4.90 Å². The Balaban J connectivity index is 2.08. The van der Waals surface area contributed by atoms with Gasteiger partial charge in [0.05, 0.1) is 13.2 Å². The molecule has 0 saturated carbocycles. The van der Waals surface area contributed by atoms with Crippen molar-refractivity contribution in [3.63, 3.8) is 0 Å². The monoisotopic (exact) mass is 224 g/mol. The van der Waals surface area contributed by atoms with Gasteiger partial charge in [0, 0.05) is 11.5 Å². The summed E-state index contributed by atoms with van der Waals surface area (Å²) in [5, 5.41) is 0. The maximum Gasteiger partial charge on any atom is 0.0543 e. The second kappa shape index (κ2) is 5.04. The van der Waals surface area contributed by atoms with E-state index in [1.807, 2.05) is 0 Å². The first-order valence-corrected chi connectivity index (χ1v) is 7.41. The third kappa shape index (κ3) is 2.76. The summed E-state index contributed by atoms with van der Waals surface area (Å²) in [5.41, 5.74) is 1.45. The molecule has 1 nitrogen and oxygen atoms in total. The van der Waals surface area contributed by atoms with E-state index in [0.717, 1.165) is 13.2 Å². The summed E-state index contributed by atoms with van der Waals surface area (Å²) in [7, 11) is 0.0765. The summed E-state index contributed by atoms with van der Waals surface area (Å²) in [4.78, 5) is 1.55. The van der Waals surface area contributed by atoms with Crippen molar-refractivity contribution in [3.8, 4) is 0 Å². The number of ether oxygens (including phenoxy) is 1. The van der Waals surface area contributed by atoms with Crippen LogP contribution in [0.1, 0.15) is 25.3 Å². The molecule has 1 aromatic rings. The van der Waals surface area contributed by atoms with Crippen LogP contribution in [0, 0.1) is 0 Å². The van der Waals surface area contributed by atoms with Crippen LogP contribution in [0.15, 0.2) is 29.2 Å². The summed E-state index contributed by atoms with van der Waals surface area (Å²) in [6, 6.07) is 9.23. The number of hydrogen-bond acceptors (Lipinski definition) is 1. The van der Waals surface area contributed by atoms with E-state index in [4.69, 9.17) is 4.74 Å². The van der Waals surface area contributed by atoms with E-state index in [-0.39, 0.29) is 10.9 Å². The molecule has 1 aromatic carbocycles. The summed E-state index contributed by atoms with van der Waals surface area (Å²) >= 11 is 0. The molecule has 2 rings (SSSR count). The van der Waals surface area contributed by atoms with E-state index in [0.29, 0.717) is 5.92 Å². The van der Waals surface area contributed by atoms with Crippen molar-refractivity contribution in [2.24, 2.45) is 0 Å². The zero-order valence-electron chi connectivity index (χ0n) is 9.57. The van der Waals surface area contributed by atoms with Gasteiger partial charge in [0.25, 0.3) is 0 Å². The van der Waals surface area contributed by atoms with Gasteiger partial charge in [-0.2, -0.15) is 0 Å². The van der Waals surface area contributed by atoms with Crippen LogP contribution in [0.5, 0.6) is 0 Å². The molecule has 0 spiro atoms. The van der Waals surface area contributed by atoms with Crippen LogP contribution in [-0.4, -0.2) is 24.7 Å². The molecule has 0 aliphatic carbocycles. The predicted molar refractivity (Wildman–Crippen MR) is 68.3 cm³/mol. The van der Waals surface area contributed by atoms with Gasteiger partial charge in [-0.3, -0.25) is 0 Å². The Labute approximate surface area is 95.2 Å². The average molecular weight is 224 g/mol. The number of benzene rings is 1. The lowest BCUT2D eigenvalue weighted by atomic mass is 10.0. The highest BCUT2D eigenvalue weighted by atomic mass is 32.2. The summed E-state index contributed by atoms with van der Waals surface area (Å²) in [5.74, 6) is 3.13. The SMILES string of the molecule is CC(C)c1ccc([SH]2CCOCC2)cc1. The molecule has 0 atom stereocenters. The first-order valence-electron chi connectivity index (χ1n) is 5.70. The van der Waals surface area contributed by atoms with Gasteiger partial charge in [-0.1, -0.05) is 38.1 Å². The molecule has 1 aliphatic rings. The van der Waals surface area contributed by atoms with Gasteiger partial charge >= 0.3 is 0 Å². The summed E-state index contributed by atoms with van der Waals surface area (Å²) in [6.45, 7) is 6.40. The smallest absolute Gasteiger partial charge is 0.0543 e. The lowest BCUT2D eigenvalue weighted by Gasteiger charge is -2.26. The van der Waals surface area contributed by atoms with Crippen LogP contribution >= 0.6 is 10.9 Å². The van der Waals surface area contributed by atoms with E-state index < -0.39 is 0 Å². The fraction of sp³-hybridized carbons (Fsp3) is 0.538. The van der Waals surface area contributed by atoms with Gasteiger partial charge in [0.15, 0.2) is 0 Å². The second-order valence-electron chi connectivity index (χ2n) is 4.35. The predicted octanol–water partition coefficient (Wildman–Crippen LogP) is 3.20. The molecule has 0 aromatic heterocycles. The molecular formula is C13H20OS. The van der Waals surface area contributed by atoms with Crippen molar-refractivity contribution in [1.29, 1.82) is 0 Å². The summed E-state index contributed by atoms with van der Waals surface area (Å²) < 4.78 is 5.40. The highest BCUT2D eigenvalue weighted by molar-refractivity contribution is 8.17. The highest BCUT2D eigenvalue weighted by Gasteiger charge is 2.11. The van der Waals surface area contributed by atoms with Crippen LogP contribution < -0.4 is 0 Å². The van der Waals surface area contributed by atoms with Crippen LogP contribution in [-0.2, 0) is 4.74 Å². The third-order valence-corrected chi connectivity index (χ3v) is 5.41. The van der Waals surface area contributed by atoms with E-state index in [2.05, 4.69) is 38.1 Å². The molecule has 84 valence electrons.